The normalized spacial score (nSPS) is 18.8. The summed E-state index contributed by atoms with van der Waals surface area (Å²) in [6.07, 6.45) is -0.988. The topological polar surface area (TPSA) is 96.4 Å². The molecule has 2 heterocycles. The van der Waals surface area contributed by atoms with Crippen molar-refractivity contribution in [2.24, 2.45) is 0 Å². The van der Waals surface area contributed by atoms with Gasteiger partial charge in [-0.2, -0.15) is 0 Å². The van der Waals surface area contributed by atoms with Crippen molar-refractivity contribution in [3.05, 3.63) is 59.7 Å². The van der Waals surface area contributed by atoms with Crippen LogP contribution in [0.2, 0.25) is 0 Å². The SMILES string of the molecule is O=C1SC(=O)N(Cc2ccccc2)C1OCCN1COc2cc(O)ccc2C1=O. The Morgan fingerprint density at radius 1 is 1.14 bits per heavy atom. The number of nitrogens with zero attached hydrogens (tertiary/aromatic N) is 2. The lowest BCUT2D eigenvalue weighted by atomic mass is 10.1. The van der Waals surface area contributed by atoms with Crippen molar-refractivity contribution in [2.75, 3.05) is 19.9 Å². The Morgan fingerprint density at radius 2 is 1.93 bits per heavy atom. The number of fused-ring (bicyclic) bond motifs is 1. The molecule has 1 fully saturated rings. The van der Waals surface area contributed by atoms with E-state index in [1.807, 2.05) is 30.3 Å². The second-order valence-electron chi connectivity index (χ2n) is 6.55. The van der Waals surface area contributed by atoms with Crippen LogP contribution in [0.25, 0.3) is 0 Å². The summed E-state index contributed by atoms with van der Waals surface area (Å²) in [6, 6.07) is 13.6. The van der Waals surface area contributed by atoms with Crippen LogP contribution < -0.4 is 4.74 Å². The van der Waals surface area contributed by atoms with Crippen LogP contribution in [-0.2, 0) is 16.1 Å². The quantitative estimate of drug-likeness (QED) is 0.775. The molecule has 4 rings (SSSR count). The summed E-state index contributed by atoms with van der Waals surface area (Å²) in [7, 11) is 0. The second kappa shape index (κ2) is 8.14. The van der Waals surface area contributed by atoms with Gasteiger partial charge in [0.05, 0.1) is 12.2 Å². The predicted octanol–water partition coefficient (Wildman–Crippen LogP) is 2.42. The average Bonchev–Trinajstić information content (AvgIpc) is 2.97. The zero-order chi connectivity index (χ0) is 20.4. The Balaban J connectivity index is 1.36. The van der Waals surface area contributed by atoms with E-state index < -0.39 is 6.23 Å². The first-order valence-corrected chi connectivity index (χ1v) is 9.77. The van der Waals surface area contributed by atoms with E-state index in [4.69, 9.17) is 9.47 Å². The summed E-state index contributed by atoms with van der Waals surface area (Å²) in [4.78, 5) is 39.7. The first-order valence-electron chi connectivity index (χ1n) is 8.96. The molecule has 2 aromatic carbocycles. The van der Waals surface area contributed by atoms with Crippen molar-refractivity contribution in [1.82, 2.24) is 9.80 Å². The molecule has 0 aliphatic carbocycles. The highest BCUT2D eigenvalue weighted by Gasteiger charge is 2.40. The maximum atomic E-state index is 12.6. The Kier molecular flexibility index (Phi) is 5.41. The van der Waals surface area contributed by atoms with Crippen LogP contribution in [0.15, 0.2) is 48.5 Å². The van der Waals surface area contributed by atoms with Crippen molar-refractivity contribution in [2.45, 2.75) is 12.8 Å². The van der Waals surface area contributed by atoms with E-state index in [0.717, 1.165) is 5.56 Å². The lowest BCUT2D eigenvalue weighted by Gasteiger charge is -2.29. The summed E-state index contributed by atoms with van der Waals surface area (Å²) in [5.74, 6) is 0.0992. The fourth-order valence-corrected chi connectivity index (χ4v) is 3.87. The largest absolute Gasteiger partial charge is 0.508 e. The molecular formula is C20H18N2O6S. The molecule has 1 N–H and O–H groups in total. The van der Waals surface area contributed by atoms with E-state index in [0.29, 0.717) is 23.1 Å². The molecule has 2 aliphatic rings. The number of hydrogen-bond acceptors (Lipinski definition) is 7. The van der Waals surface area contributed by atoms with Crippen LogP contribution in [0.4, 0.5) is 4.79 Å². The maximum Gasteiger partial charge on any atom is 0.292 e. The number of rotatable bonds is 6. The van der Waals surface area contributed by atoms with E-state index in [-0.39, 0.29) is 48.4 Å². The molecule has 1 atom stereocenters. The molecule has 9 heteroatoms. The maximum absolute atomic E-state index is 12.6. The molecule has 1 saturated heterocycles. The molecule has 0 saturated carbocycles. The third-order valence-corrected chi connectivity index (χ3v) is 5.41. The number of phenolic OH excluding ortho intramolecular Hbond substituents is 1. The Morgan fingerprint density at radius 3 is 2.72 bits per heavy atom. The molecule has 1 unspecified atom stereocenters. The van der Waals surface area contributed by atoms with Crippen molar-refractivity contribution in [3.8, 4) is 11.5 Å². The Bertz CT molecular complexity index is 951. The number of amides is 2. The molecule has 29 heavy (non-hydrogen) atoms. The van der Waals surface area contributed by atoms with Gasteiger partial charge in [-0.05, 0) is 17.7 Å². The van der Waals surface area contributed by atoms with E-state index in [9.17, 15) is 19.5 Å². The minimum absolute atomic E-state index is 0.0126. The predicted molar refractivity (Wildman–Crippen MR) is 104 cm³/mol. The molecule has 2 aromatic rings. The van der Waals surface area contributed by atoms with Crippen LogP contribution in [0.5, 0.6) is 11.5 Å². The number of thioether (sulfide) groups is 1. The van der Waals surface area contributed by atoms with Crippen molar-refractivity contribution in [1.29, 1.82) is 0 Å². The van der Waals surface area contributed by atoms with Gasteiger partial charge in [-0.15, -0.1) is 0 Å². The monoisotopic (exact) mass is 414 g/mol. The molecule has 0 bridgehead atoms. The number of carbonyl (C=O) groups excluding carboxylic acids is 3. The summed E-state index contributed by atoms with van der Waals surface area (Å²) in [5, 5.41) is 8.77. The first-order chi connectivity index (χ1) is 14.0. The van der Waals surface area contributed by atoms with Crippen LogP contribution in [0.1, 0.15) is 15.9 Å². The van der Waals surface area contributed by atoms with Crippen molar-refractivity contribution < 1.29 is 29.0 Å². The second-order valence-corrected chi connectivity index (χ2v) is 7.50. The molecule has 0 aromatic heterocycles. The zero-order valence-corrected chi connectivity index (χ0v) is 16.1. The van der Waals surface area contributed by atoms with Gasteiger partial charge in [0.15, 0.2) is 6.73 Å². The van der Waals surface area contributed by atoms with E-state index in [2.05, 4.69) is 0 Å². The molecule has 0 spiro atoms. The number of aromatic hydroxyl groups is 1. The number of carbonyl (C=O) groups is 3. The molecule has 150 valence electrons. The highest BCUT2D eigenvalue weighted by Crippen LogP contribution is 2.30. The van der Waals surface area contributed by atoms with Gasteiger partial charge in [0.25, 0.3) is 11.1 Å². The fourth-order valence-electron chi connectivity index (χ4n) is 3.13. The van der Waals surface area contributed by atoms with Gasteiger partial charge in [0.2, 0.25) is 11.3 Å². The van der Waals surface area contributed by atoms with Crippen LogP contribution in [-0.4, -0.2) is 57.3 Å². The van der Waals surface area contributed by atoms with E-state index in [1.165, 1.54) is 28.0 Å². The van der Waals surface area contributed by atoms with Gasteiger partial charge < -0.3 is 19.5 Å². The Labute approximate surface area is 171 Å². The van der Waals surface area contributed by atoms with Gasteiger partial charge in [0, 0.05) is 30.9 Å². The van der Waals surface area contributed by atoms with Gasteiger partial charge in [-0.1, -0.05) is 30.3 Å². The van der Waals surface area contributed by atoms with Crippen LogP contribution in [0.3, 0.4) is 0 Å². The summed E-state index contributed by atoms with van der Waals surface area (Å²) >= 11 is 0.629. The summed E-state index contributed by atoms with van der Waals surface area (Å²) in [6.45, 7) is 0.545. The third-order valence-electron chi connectivity index (χ3n) is 4.60. The lowest BCUT2D eigenvalue weighted by Crippen LogP contribution is -2.43. The summed E-state index contributed by atoms with van der Waals surface area (Å²) < 4.78 is 11.2. The summed E-state index contributed by atoms with van der Waals surface area (Å²) in [5.41, 5.74) is 1.24. The molecule has 2 amide bonds. The van der Waals surface area contributed by atoms with Gasteiger partial charge in [-0.25, -0.2) is 0 Å². The number of benzene rings is 2. The minimum Gasteiger partial charge on any atom is -0.508 e. The van der Waals surface area contributed by atoms with Crippen LogP contribution >= 0.6 is 11.8 Å². The highest BCUT2D eigenvalue weighted by atomic mass is 32.2. The first kappa shape index (κ1) is 19.3. The van der Waals surface area contributed by atoms with Crippen LogP contribution in [0, 0.1) is 0 Å². The minimum atomic E-state index is -0.988. The van der Waals surface area contributed by atoms with Gasteiger partial charge in [-0.3, -0.25) is 19.3 Å². The van der Waals surface area contributed by atoms with Crippen molar-refractivity contribution >= 4 is 28.0 Å². The van der Waals surface area contributed by atoms with Gasteiger partial charge in [0.1, 0.15) is 11.5 Å². The highest BCUT2D eigenvalue weighted by molar-refractivity contribution is 8.26. The average molecular weight is 414 g/mol. The number of hydrogen-bond donors (Lipinski definition) is 1. The third kappa shape index (κ3) is 4.06. The number of ether oxygens (including phenoxy) is 2. The van der Waals surface area contributed by atoms with Crippen molar-refractivity contribution in [3.63, 3.8) is 0 Å². The molecule has 0 radical (unpaired) electrons. The number of phenols is 1. The van der Waals surface area contributed by atoms with E-state index in [1.54, 1.807) is 0 Å². The zero-order valence-electron chi connectivity index (χ0n) is 15.3. The standard InChI is InChI=1S/C20H18N2O6S/c23-14-6-7-15-16(10-14)28-12-21(17(15)24)8-9-27-18-19(25)29-20(26)22(18)11-13-4-2-1-3-5-13/h1-7,10,18,23H,8-9,11-12H2. The molecule has 8 nitrogen and oxygen atoms in total. The van der Waals surface area contributed by atoms with Gasteiger partial charge >= 0.3 is 0 Å². The lowest BCUT2D eigenvalue weighted by molar-refractivity contribution is -0.130. The smallest absolute Gasteiger partial charge is 0.292 e. The fraction of sp³-hybridized carbons (Fsp3) is 0.250. The molecular weight excluding hydrogens is 396 g/mol. The molecule has 2 aliphatic heterocycles. The van der Waals surface area contributed by atoms with E-state index >= 15 is 0 Å². The Hall–Kier alpha value is -3.04.